The summed E-state index contributed by atoms with van der Waals surface area (Å²) >= 11 is 0. The van der Waals surface area contributed by atoms with Gasteiger partial charge < -0.3 is 9.47 Å². The normalized spacial score (nSPS) is 10.3. The van der Waals surface area contributed by atoms with Crippen LogP contribution in [0.4, 0.5) is 8.78 Å². The van der Waals surface area contributed by atoms with Gasteiger partial charge in [0.15, 0.2) is 11.6 Å². The summed E-state index contributed by atoms with van der Waals surface area (Å²) in [5.41, 5.74) is 0.346. The molecule has 0 saturated heterocycles. The number of hydrogen-bond acceptors (Lipinski definition) is 3. The molecule has 22 heavy (non-hydrogen) atoms. The number of halogens is 2. The predicted octanol–water partition coefficient (Wildman–Crippen LogP) is 4.71. The molecule has 0 unspecified atom stereocenters. The van der Waals surface area contributed by atoms with Crippen LogP contribution in [0.25, 0.3) is 21.7 Å². The van der Waals surface area contributed by atoms with Gasteiger partial charge in [0.05, 0.1) is 19.7 Å². The van der Waals surface area contributed by atoms with Crippen molar-refractivity contribution in [2.45, 2.75) is 13.8 Å². The predicted molar refractivity (Wildman–Crippen MR) is 83.6 cm³/mol. The zero-order valence-electron chi connectivity index (χ0n) is 12.9. The third kappa shape index (κ3) is 2.66. The van der Waals surface area contributed by atoms with Crippen molar-refractivity contribution in [1.82, 2.24) is 4.98 Å². The first kappa shape index (κ1) is 15.9. The number of rotatable bonds is 2. The molecular formula is C17H17F2NO2. The zero-order valence-corrected chi connectivity index (χ0v) is 12.9. The summed E-state index contributed by atoms with van der Waals surface area (Å²) in [6.45, 7) is 4.00. The van der Waals surface area contributed by atoms with E-state index in [9.17, 15) is 8.78 Å². The molecule has 0 fully saturated rings. The van der Waals surface area contributed by atoms with Crippen LogP contribution < -0.4 is 9.47 Å². The van der Waals surface area contributed by atoms with E-state index in [1.54, 1.807) is 25.3 Å². The highest BCUT2D eigenvalue weighted by atomic mass is 19.2. The van der Waals surface area contributed by atoms with Gasteiger partial charge in [0.2, 0.25) is 5.88 Å². The second-order valence-electron chi connectivity index (χ2n) is 4.32. The number of nitrogens with zero attached hydrogens (tertiary/aromatic N) is 1. The molecule has 2 aromatic carbocycles. The molecular weight excluding hydrogens is 288 g/mol. The summed E-state index contributed by atoms with van der Waals surface area (Å²) in [4.78, 5) is 4.21. The van der Waals surface area contributed by atoms with Gasteiger partial charge in [-0.3, -0.25) is 0 Å². The molecule has 0 atom stereocenters. The lowest BCUT2D eigenvalue weighted by atomic mass is 10.1. The number of fused-ring (bicyclic) bond motifs is 3. The van der Waals surface area contributed by atoms with Crippen LogP contribution in [0.5, 0.6) is 11.6 Å². The second-order valence-corrected chi connectivity index (χ2v) is 4.32. The lowest BCUT2D eigenvalue weighted by Crippen LogP contribution is -1.94. The van der Waals surface area contributed by atoms with Gasteiger partial charge in [0, 0.05) is 16.8 Å². The first-order valence-electron chi connectivity index (χ1n) is 6.94. The fourth-order valence-electron chi connectivity index (χ4n) is 2.23. The minimum Gasteiger partial charge on any atom is -0.497 e. The van der Waals surface area contributed by atoms with Crippen LogP contribution in [0.3, 0.4) is 0 Å². The largest absolute Gasteiger partial charge is 0.497 e. The Balaban J connectivity index is 0.000000847. The van der Waals surface area contributed by atoms with E-state index in [4.69, 9.17) is 9.47 Å². The summed E-state index contributed by atoms with van der Waals surface area (Å²) in [5.74, 6) is -0.849. The van der Waals surface area contributed by atoms with E-state index in [0.29, 0.717) is 27.9 Å². The minimum absolute atomic E-state index is 0.345. The molecule has 0 aliphatic heterocycles. The topological polar surface area (TPSA) is 31.4 Å². The maximum Gasteiger partial charge on any atom is 0.221 e. The van der Waals surface area contributed by atoms with Crippen LogP contribution in [0.2, 0.25) is 0 Å². The number of pyridine rings is 1. The van der Waals surface area contributed by atoms with Crippen molar-refractivity contribution in [2.24, 2.45) is 0 Å². The molecule has 3 rings (SSSR count). The lowest BCUT2D eigenvalue weighted by Gasteiger charge is -2.10. The Labute approximate surface area is 127 Å². The van der Waals surface area contributed by atoms with Crippen LogP contribution in [-0.2, 0) is 0 Å². The Hall–Kier alpha value is -2.43. The van der Waals surface area contributed by atoms with E-state index in [2.05, 4.69) is 4.98 Å². The quantitative estimate of drug-likeness (QED) is 0.643. The van der Waals surface area contributed by atoms with Gasteiger partial charge in [0.25, 0.3) is 0 Å². The SMILES string of the molecule is CC.COc1ccc2c(c1)c(OC)nc1cc(F)c(F)cc12. The Morgan fingerprint density at radius 1 is 0.818 bits per heavy atom. The van der Waals surface area contributed by atoms with Crippen molar-refractivity contribution in [3.63, 3.8) is 0 Å². The van der Waals surface area contributed by atoms with Crippen molar-refractivity contribution >= 4 is 21.7 Å². The van der Waals surface area contributed by atoms with Gasteiger partial charge in [-0.2, -0.15) is 0 Å². The highest BCUT2D eigenvalue weighted by molar-refractivity contribution is 6.08. The lowest BCUT2D eigenvalue weighted by molar-refractivity contribution is 0.403. The van der Waals surface area contributed by atoms with Crippen LogP contribution in [0.15, 0.2) is 30.3 Å². The number of benzene rings is 2. The molecule has 0 bridgehead atoms. The van der Waals surface area contributed by atoms with Gasteiger partial charge in [-0.1, -0.05) is 13.8 Å². The Kier molecular flexibility index (Phi) is 4.75. The van der Waals surface area contributed by atoms with Crippen molar-refractivity contribution in [1.29, 1.82) is 0 Å². The van der Waals surface area contributed by atoms with Crippen LogP contribution in [0, 0.1) is 11.6 Å². The molecule has 0 amide bonds. The van der Waals surface area contributed by atoms with Gasteiger partial charge in [0.1, 0.15) is 5.75 Å². The number of aromatic nitrogens is 1. The fourth-order valence-corrected chi connectivity index (χ4v) is 2.23. The summed E-state index contributed by atoms with van der Waals surface area (Å²) < 4.78 is 37.2. The van der Waals surface area contributed by atoms with Gasteiger partial charge in [-0.25, -0.2) is 13.8 Å². The molecule has 116 valence electrons. The molecule has 0 spiro atoms. The van der Waals surface area contributed by atoms with Crippen LogP contribution in [-0.4, -0.2) is 19.2 Å². The average molecular weight is 305 g/mol. The van der Waals surface area contributed by atoms with E-state index in [1.807, 2.05) is 13.8 Å². The van der Waals surface area contributed by atoms with Gasteiger partial charge in [-0.15, -0.1) is 0 Å². The van der Waals surface area contributed by atoms with Crippen LogP contribution in [0.1, 0.15) is 13.8 Å². The molecule has 0 saturated carbocycles. The Morgan fingerprint density at radius 2 is 1.50 bits per heavy atom. The Morgan fingerprint density at radius 3 is 2.14 bits per heavy atom. The number of methoxy groups -OCH3 is 2. The third-order valence-electron chi connectivity index (χ3n) is 3.20. The van der Waals surface area contributed by atoms with E-state index in [0.717, 1.165) is 17.5 Å². The smallest absolute Gasteiger partial charge is 0.221 e. The molecule has 0 radical (unpaired) electrons. The highest BCUT2D eigenvalue weighted by Crippen LogP contribution is 2.33. The van der Waals surface area contributed by atoms with E-state index in [1.165, 1.54) is 7.11 Å². The molecule has 0 aliphatic rings. The molecule has 1 aromatic heterocycles. The summed E-state index contributed by atoms with van der Waals surface area (Å²) in [6.07, 6.45) is 0. The first-order chi connectivity index (χ1) is 10.6. The molecule has 0 aliphatic carbocycles. The monoisotopic (exact) mass is 305 g/mol. The zero-order chi connectivity index (χ0) is 16.3. The summed E-state index contributed by atoms with van der Waals surface area (Å²) in [7, 11) is 3.03. The van der Waals surface area contributed by atoms with Crippen LogP contribution >= 0.6 is 0 Å². The van der Waals surface area contributed by atoms with E-state index < -0.39 is 11.6 Å². The second kappa shape index (κ2) is 6.56. The van der Waals surface area contributed by atoms with Gasteiger partial charge in [-0.05, 0) is 29.7 Å². The molecule has 1 heterocycles. The molecule has 5 heteroatoms. The first-order valence-corrected chi connectivity index (χ1v) is 6.94. The van der Waals surface area contributed by atoms with Gasteiger partial charge >= 0.3 is 0 Å². The highest BCUT2D eigenvalue weighted by Gasteiger charge is 2.13. The van der Waals surface area contributed by atoms with Crippen molar-refractivity contribution in [3.05, 3.63) is 42.0 Å². The Bertz CT molecular complexity index is 819. The fraction of sp³-hybridized carbons (Fsp3) is 0.235. The van der Waals surface area contributed by atoms with Crippen molar-refractivity contribution < 1.29 is 18.3 Å². The standard InChI is InChI=1S/C15H11F2NO2.C2H6/c1-19-8-3-4-9-10-6-12(16)13(17)7-14(10)18-15(20-2)11(9)5-8;1-2/h3-7H,1-2H3;1-2H3. The summed E-state index contributed by atoms with van der Waals surface area (Å²) in [6, 6.07) is 7.49. The number of hydrogen-bond donors (Lipinski definition) is 0. The molecule has 3 aromatic rings. The van der Waals surface area contributed by atoms with E-state index in [-0.39, 0.29) is 0 Å². The third-order valence-corrected chi connectivity index (χ3v) is 3.20. The molecule has 3 nitrogen and oxygen atoms in total. The minimum atomic E-state index is -0.931. The number of ether oxygens (including phenoxy) is 2. The maximum absolute atomic E-state index is 13.4. The molecule has 0 N–H and O–H groups in total. The van der Waals surface area contributed by atoms with Crippen molar-refractivity contribution in [3.8, 4) is 11.6 Å². The van der Waals surface area contributed by atoms with Crippen molar-refractivity contribution in [2.75, 3.05) is 14.2 Å². The maximum atomic E-state index is 13.4. The summed E-state index contributed by atoms with van der Waals surface area (Å²) in [5, 5.41) is 1.94. The average Bonchev–Trinajstić information content (AvgIpc) is 2.57. The van der Waals surface area contributed by atoms with E-state index >= 15 is 0 Å².